The third-order valence-electron chi connectivity index (χ3n) is 4.19. The molecule has 1 atom stereocenters. The van der Waals surface area contributed by atoms with E-state index < -0.39 is 5.38 Å². The third kappa shape index (κ3) is 2.64. The minimum Gasteiger partial charge on any atom is -0.348 e. The summed E-state index contributed by atoms with van der Waals surface area (Å²) in [6.45, 7) is 6.88. The van der Waals surface area contributed by atoms with Crippen LogP contribution < -0.4 is 0 Å². The Kier molecular flexibility index (Phi) is 4.16. The van der Waals surface area contributed by atoms with Crippen LogP contribution in [0.3, 0.4) is 0 Å². The summed E-state index contributed by atoms with van der Waals surface area (Å²) in [4.78, 5) is 12.0. The van der Waals surface area contributed by atoms with E-state index in [0.717, 1.165) is 23.7 Å². The van der Waals surface area contributed by atoms with Gasteiger partial charge in [-0.2, -0.15) is 0 Å². The molecule has 0 aromatic carbocycles. The van der Waals surface area contributed by atoms with Gasteiger partial charge in [-0.3, -0.25) is 4.79 Å². The number of carbonyl (C=O) groups is 1. The highest BCUT2D eigenvalue weighted by Crippen LogP contribution is 2.30. The normalized spacial score (nSPS) is 17.6. The van der Waals surface area contributed by atoms with Crippen molar-refractivity contribution in [2.45, 2.75) is 58.4 Å². The quantitative estimate of drug-likeness (QED) is 0.581. The molecule has 1 fully saturated rings. The van der Waals surface area contributed by atoms with Crippen LogP contribution in [0.15, 0.2) is 6.07 Å². The van der Waals surface area contributed by atoms with E-state index in [4.69, 9.17) is 11.6 Å². The molecule has 18 heavy (non-hydrogen) atoms. The number of alkyl halides is 1. The number of aryl methyl sites for hydroxylation is 1. The minimum absolute atomic E-state index is 0.0414. The molecule has 1 aromatic heterocycles. The van der Waals surface area contributed by atoms with Crippen LogP contribution in [-0.4, -0.2) is 15.7 Å². The van der Waals surface area contributed by atoms with Gasteiger partial charge in [-0.15, -0.1) is 11.6 Å². The number of Topliss-reactive ketones (excluding diaryl/α,β-unsaturated/α-hetero) is 1. The molecule has 0 saturated heterocycles. The zero-order valence-corrected chi connectivity index (χ0v) is 12.3. The molecule has 1 saturated carbocycles. The Morgan fingerprint density at radius 2 is 2.17 bits per heavy atom. The highest BCUT2D eigenvalue weighted by molar-refractivity contribution is 6.33. The van der Waals surface area contributed by atoms with Crippen LogP contribution in [0.25, 0.3) is 0 Å². The van der Waals surface area contributed by atoms with Gasteiger partial charge in [-0.25, -0.2) is 0 Å². The van der Waals surface area contributed by atoms with Crippen molar-refractivity contribution in [1.29, 1.82) is 0 Å². The Morgan fingerprint density at radius 3 is 2.67 bits per heavy atom. The van der Waals surface area contributed by atoms with E-state index >= 15 is 0 Å². The summed E-state index contributed by atoms with van der Waals surface area (Å²) in [5.41, 5.74) is 3.04. The molecule has 2 rings (SSSR count). The number of aromatic nitrogens is 1. The number of nitrogens with zero attached hydrogens (tertiary/aromatic N) is 1. The first-order valence-electron chi connectivity index (χ1n) is 6.85. The van der Waals surface area contributed by atoms with Gasteiger partial charge in [0.2, 0.25) is 0 Å². The summed E-state index contributed by atoms with van der Waals surface area (Å²) in [5, 5.41) is -0.439. The lowest BCUT2D eigenvalue weighted by atomic mass is 9.83. The fraction of sp³-hybridized carbons (Fsp3) is 0.667. The molecule has 1 aliphatic carbocycles. The van der Waals surface area contributed by atoms with Crippen molar-refractivity contribution < 1.29 is 4.79 Å². The molecule has 2 nitrogen and oxygen atoms in total. The number of rotatable bonds is 5. The van der Waals surface area contributed by atoms with Crippen LogP contribution in [0.5, 0.6) is 0 Å². The second-order valence-electron chi connectivity index (χ2n) is 5.50. The number of hydrogen-bond acceptors (Lipinski definition) is 1. The summed E-state index contributed by atoms with van der Waals surface area (Å²) >= 11 is 5.90. The van der Waals surface area contributed by atoms with E-state index in [-0.39, 0.29) is 5.78 Å². The maximum atomic E-state index is 12.0. The molecule has 3 heteroatoms. The Labute approximate surface area is 114 Å². The van der Waals surface area contributed by atoms with Crippen LogP contribution in [0, 0.1) is 19.8 Å². The molecule has 100 valence electrons. The first kappa shape index (κ1) is 13.7. The summed E-state index contributed by atoms with van der Waals surface area (Å²) in [5.74, 6) is 0.942. The maximum absolute atomic E-state index is 12.0. The van der Waals surface area contributed by atoms with Crippen LogP contribution in [0.4, 0.5) is 0 Å². The molecule has 0 amide bonds. The summed E-state index contributed by atoms with van der Waals surface area (Å²) in [6.07, 6.45) is 5.38. The van der Waals surface area contributed by atoms with Gasteiger partial charge in [0.1, 0.15) is 0 Å². The first-order valence-corrected chi connectivity index (χ1v) is 7.29. The van der Waals surface area contributed by atoms with Gasteiger partial charge in [0, 0.05) is 23.5 Å². The summed E-state index contributed by atoms with van der Waals surface area (Å²) < 4.78 is 2.27. The predicted octanol–water partition coefficient (Wildman–Crippen LogP) is 4.11. The van der Waals surface area contributed by atoms with E-state index in [1.165, 1.54) is 31.4 Å². The molecule has 1 unspecified atom stereocenters. The van der Waals surface area contributed by atoms with E-state index in [9.17, 15) is 4.79 Å². The van der Waals surface area contributed by atoms with Gasteiger partial charge in [0.25, 0.3) is 0 Å². The third-order valence-corrected chi connectivity index (χ3v) is 4.38. The van der Waals surface area contributed by atoms with Crippen molar-refractivity contribution in [1.82, 2.24) is 4.57 Å². The van der Waals surface area contributed by atoms with Crippen molar-refractivity contribution in [3.8, 4) is 0 Å². The predicted molar refractivity (Wildman–Crippen MR) is 75.5 cm³/mol. The molecular weight excluding hydrogens is 246 g/mol. The van der Waals surface area contributed by atoms with Crippen molar-refractivity contribution in [3.63, 3.8) is 0 Å². The Balaban J connectivity index is 2.12. The average Bonchev–Trinajstić information content (AvgIpc) is 2.53. The second kappa shape index (κ2) is 5.48. The molecule has 1 heterocycles. The van der Waals surface area contributed by atoms with Gasteiger partial charge in [0.15, 0.2) is 5.78 Å². The number of hydrogen-bond donors (Lipinski definition) is 0. The van der Waals surface area contributed by atoms with Gasteiger partial charge >= 0.3 is 0 Å². The molecule has 0 N–H and O–H groups in total. The van der Waals surface area contributed by atoms with Crippen LogP contribution in [-0.2, 0) is 6.54 Å². The topological polar surface area (TPSA) is 22.0 Å². The molecule has 0 radical (unpaired) electrons. The SMILES string of the molecule is Cc1cc(C(=O)C(C)Cl)c(C)n1CCC1CCC1. The van der Waals surface area contributed by atoms with Gasteiger partial charge in [0.05, 0.1) is 5.38 Å². The van der Waals surface area contributed by atoms with E-state index in [0.29, 0.717) is 0 Å². The number of halogens is 1. The Hall–Kier alpha value is -0.760. The lowest BCUT2D eigenvalue weighted by Gasteiger charge is -2.26. The zero-order valence-electron chi connectivity index (χ0n) is 11.5. The molecule has 1 aromatic rings. The Morgan fingerprint density at radius 1 is 1.50 bits per heavy atom. The molecular formula is C15H22ClNO. The molecule has 1 aliphatic rings. The second-order valence-corrected chi connectivity index (χ2v) is 6.16. The van der Waals surface area contributed by atoms with Crippen LogP contribution >= 0.6 is 11.6 Å². The van der Waals surface area contributed by atoms with Crippen molar-refractivity contribution in [2.24, 2.45) is 5.92 Å². The van der Waals surface area contributed by atoms with E-state index in [1.54, 1.807) is 6.92 Å². The fourth-order valence-corrected chi connectivity index (χ4v) is 2.82. The minimum atomic E-state index is -0.439. The highest BCUT2D eigenvalue weighted by Gasteiger charge is 2.21. The van der Waals surface area contributed by atoms with E-state index in [2.05, 4.69) is 11.5 Å². The van der Waals surface area contributed by atoms with E-state index in [1.807, 2.05) is 13.0 Å². The lowest BCUT2D eigenvalue weighted by Crippen LogP contribution is -2.16. The average molecular weight is 268 g/mol. The number of ketones is 1. The molecule has 0 spiro atoms. The summed E-state index contributed by atoms with van der Waals surface area (Å²) in [6, 6.07) is 1.98. The van der Waals surface area contributed by atoms with Gasteiger partial charge in [-0.1, -0.05) is 19.3 Å². The molecule has 0 bridgehead atoms. The first-order chi connectivity index (χ1) is 8.50. The van der Waals surface area contributed by atoms with Crippen molar-refractivity contribution in [3.05, 3.63) is 23.0 Å². The smallest absolute Gasteiger partial charge is 0.182 e. The molecule has 0 aliphatic heterocycles. The van der Waals surface area contributed by atoms with Crippen LogP contribution in [0.1, 0.15) is 54.4 Å². The Bertz CT molecular complexity index is 444. The lowest BCUT2D eigenvalue weighted by molar-refractivity contribution is 0.0991. The largest absolute Gasteiger partial charge is 0.348 e. The fourth-order valence-electron chi connectivity index (χ4n) is 2.70. The standard InChI is InChI=1S/C15H22ClNO/c1-10-9-14(15(18)11(2)16)12(3)17(10)8-7-13-5-4-6-13/h9,11,13H,4-8H2,1-3H3. The van der Waals surface area contributed by atoms with Crippen LogP contribution in [0.2, 0.25) is 0 Å². The van der Waals surface area contributed by atoms with Gasteiger partial charge in [-0.05, 0) is 39.2 Å². The highest BCUT2D eigenvalue weighted by atomic mass is 35.5. The van der Waals surface area contributed by atoms with Crippen molar-refractivity contribution >= 4 is 17.4 Å². The zero-order chi connectivity index (χ0) is 13.3. The van der Waals surface area contributed by atoms with Crippen molar-refractivity contribution in [2.75, 3.05) is 0 Å². The number of carbonyl (C=O) groups excluding carboxylic acids is 1. The maximum Gasteiger partial charge on any atom is 0.182 e. The van der Waals surface area contributed by atoms with Gasteiger partial charge < -0.3 is 4.57 Å². The monoisotopic (exact) mass is 267 g/mol. The summed E-state index contributed by atoms with van der Waals surface area (Å²) in [7, 11) is 0.